The van der Waals surface area contributed by atoms with Crippen LogP contribution in [0.2, 0.25) is 0 Å². The molecule has 1 saturated heterocycles. The molecule has 7 nitrogen and oxygen atoms in total. The van der Waals surface area contributed by atoms with Crippen molar-refractivity contribution in [3.05, 3.63) is 59.4 Å². The SMILES string of the molecule is CO[C@@]1(C(=O)O)CC[C@@H](c2c(C3CCOCC3)n(-c3ccc(F)cc3)c3cc4cn[nH]c4c(F)c23)C1. The van der Waals surface area contributed by atoms with E-state index in [-0.39, 0.29) is 24.1 Å². The van der Waals surface area contributed by atoms with E-state index in [1.54, 1.807) is 18.3 Å². The van der Waals surface area contributed by atoms with E-state index in [1.807, 2.05) is 10.6 Å². The fourth-order valence-electron chi connectivity index (χ4n) is 6.23. The number of aliphatic carboxylic acids is 1. The van der Waals surface area contributed by atoms with Gasteiger partial charge in [0.25, 0.3) is 0 Å². The number of hydrogen-bond acceptors (Lipinski definition) is 4. The van der Waals surface area contributed by atoms with Gasteiger partial charge < -0.3 is 19.1 Å². The third-order valence-corrected chi connectivity index (χ3v) is 8.04. The molecule has 2 atom stereocenters. The summed E-state index contributed by atoms with van der Waals surface area (Å²) in [5.41, 5.74) is 2.15. The second kappa shape index (κ2) is 8.67. The Morgan fingerprint density at radius 3 is 2.61 bits per heavy atom. The van der Waals surface area contributed by atoms with Gasteiger partial charge in [-0.3, -0.25) is 5.10 Å². The van der Waals surface area contributed by atoms with E-state index in [0.29, 0.717) is 47.9 Å². The first-order chi connectivity index (χ1) is 17.4. The summed E-state index contributed by atoms with van der Waals surface area (Å²) in [7, 11) is 1.42. The summed E-state index contributed by atoms with van der Waals surface area (Å²) in [5, 5.41) is 17.9. The standard InChI is InChI=1S/C27H27F2N3O4/c1-35-27(26(33)34)9-6-16(13-27)21-22-20(12-17-14-30-31-24(17)23(22)29)32(19-4-2-18(28)3-5-19)25(21)15-7-10-36-11-8-15/h2-5,12,14-16H,6-11,13H2,1H3,(H,30,31)(H,33,34)/t16-,27+/m1/s1. The van der Waals surface area contributed by atoms with Gasteiger partial charge in [0.1, 0.15) is 11.3 Å². The van der Waals surface area contributed by atoms with Crippen LogP contribution < -0.4 is 0 Å². The summed E-state index contributed by atoms with van der Waals surface area (Å²) in [6.45, 7) is 1.17. The molecule has 36 heavy (non-hydrogen) atoms. The number of aromatic amines is 1. The van der Waals surface area contributed by atoms with Gasteiger partial charge in [-0.1, -0.05) is 0 Å². The van der Waals surface area contributed by atoms with Gasteiger partial charge >= 0.3 is 5.97 Å². The predicted octanol–water partition coefficient (Wildman–Crippen LogP) is 5.42. The van der Waals surface area contributed by atoms with Gasteiger partial charge in [0, 0.05) is 48.4 Å². The van der Waals surface area contributed by atoms with E-state index < -0.39 is 17.4 Å². The third kappa shape index (κ3) is 3.44. The number of carbonyl (C=O) groups is 1. The van der Waals surface area contributed by atoms with Crippen LogP contribution in [0.3, 0.4) is 0 Å². The van der Waals surface area contributed by atoms with Crippen LogP contribution in [0.1, 0.15) is 55.2 Å². The third-order valence-electron chi connectivity index (χ3n) is 8.04. The number of ether oxygens (including phenoxy) is 2. The molecule has 0 radical (unpaired) electrons. The minimum absolute atomic E-state index is 0.0736. The molecular weight excluding hydrogens is 468 g/mol. The first-order valence-corrected chi connectivity index (χ1v) is 12.3. The minimum Gasteiger partial charge on any atom is -0.479 e. The zero-order valence-corrected chi connectivity index (χ0v) is 19.9. The second-order valence-corrected chi connectivity index (χ2v) is 9.86. The minimum atomic E-state index is -1.31. The van der Waals surface area contributed by atoms with Crippen LogP contribution in [0.15, 0.2) is 36.5 Å². The van der Waals surface area contributed by atoms with Crippen molar-refractivity contribution in [2.24, 2.45) is 0 Å². The highest BCUT2D eigenvalue weighted by Gasteiger charge is 2.48. The maximum Gasteiger partial charge on any atom is 0.335 e. The molecule has 6 rings (SSSR count). The average Bonchev–Trinajstić information content (AvgIpc) is 3.61. The molecular formula is C27H27F2N3O4. The molecule has 4 aromatic rings. The molecule has 0 bridgehead atoms. The van der Waals surface area contributed by atoms with Gasteiger partial charge in [-0.05, 0) is 73.9 Å². The summed E-state index contributed by atoms with van der Waals surface area (Å²) < 4.78 is 43.3. The monoisotopic (exact) mass is 495 g/mol. The largest absolute Gasteiger partial charge is 0.479 e. The number of nitrogens with zero attached hydrogens (tertiary/aromatic N) is 2. The Morgan fingerprint density at radius 1 is 1.19 bits per heavy atom. The van der Waals surface area contributed by atoms with E-state index in [2.05, 4.69) is 10.2 Å². The molecule has 1 aliphatic carbocycles. The van der Waals surface area contributed by atoms with E-state index >= 15 is 4.39 Å². The number of nitrogens with one attached hydrogen (secondary N) is 1. The average molecular weight is 496 g/mol. The normalized spacial score (nSPS) is 23.1. The van der Waals surface area contributed by atoms with Crippen molar-refractivity contribution >= 4 is 27.8 Å². The maximum atomic E-state index is 16.3. The highest BCUT2D eigenvalue weighted by Crippen LogP contribution is 2.51. The van der Waals surface area contributed by atoms with Gasteiger partial charge in [-0.2, -0.15) is 5.10 Å². The van der Waals surface area contributed by atoms with E-state index in [4.69, 9.17) is 9.47 Å². The fraction of sp³-hybridized carbons (Fsp3) is 0.407. The maximum absolute atomic E-state index is 16.3. The van der Waals surface area contributed by atoms with Gasteiger partial charge in [0.2, 0.25) is 0 Å². The van der Waals surface area contributed by atoms with E-state index in [9.17, 15) is 14.3 Å². The van der Waals surface area contributed by atoms with Crippen molar-refractivity contribution in [2.75, 3.05) is 20.3 Å². The summed E-state index contributed by atoms with van der Waals surface area (Å²) >= 11 is 0. The lowest BCUT2D eigenvalue weighted by molar-refractivity contribution is -0.161. The molecule has 2 aromatic heterocycles. The van der Waals surface area contributed by atoms with Crippen LogP contribution in [0, 0.1) is 11.6 Å². The lowest BCUT2D eigenvalue weighted by Crippen LogP contribution is -2.37. The number of benzene rings is 2. The van der Waals surface area contributed by atoms with Gasteiger partial charge in [0.15, 0.2) is 11.4 Å². The Labute approximate surface area is 206 Å². The fourth-order valence-corrected chi connectivity index (χ4v) is 6.23. The first-order valence-electron chi connectivity index (χ1n) is 12.3. The number of H-pyrrole nitrogens is 1. The molecule has 2 aliphatic rings. The van der Waals surface area contributed by atoms with Crippen molar-refractivity contribution in [1.29, 1.82) is 0 Å². The van der Waals surface area contributed by atoms with Crippen LogP contribution in [0.5, 0.6) is 0 Å². The van der Waals surface area contributed by atoms with Gasteiger partial charge in [0.05, 0.1) is 11.7 Å². The Kier molecular flexibility index (Phi) is 5.57. The smallest absolute Gasteiger partial charge is 0.335 e. The van der Waals surface area contributed by atoms with Crippen molar-refractivity contribution < 1.29 is 28.2 Å². The molecule has 1 aliphatic heterocycles. The summed E-state index contributed by atoms with van der Waals surface area (Å²) in [5.74, 6) is -1.91. The summed E-state index contributed by atoms with van der Waals surface area (Å²) in [6, 6.07) is 8.10. The van der Waals surface area contributed by atoms with Crippen LogP contribution in [0.25, 0.3) is 27.5 Å². The molecule has 0 amide bonds. The Balaban J connectivity index is 1.68. The van der Waals surface area contributed by atoms with E-state index in [1.165, 1.54) is 19.2 Å². The van der Waals surface area contributed by atoms with Crippen molar-refractivity contribution in [1.82, 2.24) is 14.8 Å². The summed E-state index contributed by atoms with van der Waals surface area (Å²) in [4.78, 5) is 12.2. The molecule has 3 heterocycles. The molecule has 0 unspecified atom stereocenters. The molecule has 0 spiro atoms. The number of rotatable bonds is 5. The quantitative estimate of drug-likeness (QED) is 0.386. The summed E-state index contributed by atoms with van der Waals surface area (Å²) in [6.07, 6.45) is 4.24. The molecule has 2 fully saturated rings. The first kappa shape index (κ1) is 23.1. The van der Waals surface area contributed by atoms with Crippen LogP contribution in [0.4, 0.5) is 8.78 Å². The second-order valence-electron chi connectivity index (χ2n) is 9.86. The number of carboxylic acids is 1. The molecule has 9 heteroatoms. The number of methoxy groups -OCH3 is 1. The Hall–Kier alpha value is -3.30. The molecule has 1 saturated carbocycles. The molecule has 2 N–H and O–H groups in total. The number of halogens is 2. The van der Waals surface area contributed by atoms with Crippen molar-refractivity contribution in [3.63, 3.8) is 0 Å². The molecule has 188 valence electrons. The zero-order valence-electron chi connectivity index (χ0n) is 19.9. The predicted molar refractivity (Wildman–Crippen MR) is 130 cm³/mol. The number of fused-ring (bicyclic) bond motifs is 2. The van der Waals surface area contributed by atoms with Crippen LogP contribution in [-0.4, -0.2) is 51.8 Å². The number of carboxylic acid groups (broad SMARTS) is 1. The number of hydrogen-bond donors (Lipinski definition) is 2. The highest BCUT2D eigenvalue weighted by atomic mass is 19.1. The van der Waals surface area contributed by atoms with Crippen molar-refractivity contribution in [3.8, 4) is 5.69 Å². The van der Waals surface area contributed by atoms with Crippen molar-refractivity contribution in [2.45, 2.75) is 49.5 Å². The van der Waals surface area contributed by atoms with E-state index in [0.717, 1.165) is 29.8 Å². The Bertz CT molecular complexity index is 1460. The molecule has 2 aromatic carbocycles. The Morgan fingerprint density at radius 2 is 1.94 bits per heavy atom. The van der Waals surface area contributed by atoms with Crippen LogP contribution in [-0.2, 0) is 14.3 Å². The topological polar surface area (TPSA) is 89.4 Å². The van der Waals surface area contributed by atoms with Crippen LogP contribution >= 0.6 is 0 Å². The highest BCUT2D eigenvalue weighted by molar-refractivity contribution is 6.00. The van der Waals surface area contributed by atoms with Gasteiger partial charge in [-0.15, -0.1) is 0 Å². The lowest BCUT2D eigenvalue weighted by atomic mass is 9.85. The van der Waals surface area contributed by atoms with Gasteiger partial charge in [-0.25, -0.2) is 13.6 Å². The zero-order chi connectivity index (χ0) is 25.0. The lowest BCUT2D eigenvalue weighted by Gasteiger charge is -2.27. The number of aromatic nitrogens is 3.